The standard InChI is InChI=1S/C29H40O4/c1-25(2,3)17-11-15-19(23(32)21(17)30)29(13-27(15,7)8)14-28(9,10)16-12-18(26(4,5)6)22(31)24(33)20(16)29/h11-12,30-33H,13-14H2,1-10H3. The van der Waals surface area contributed by atoms with E-state index in [4.69, 9.17) is 0 Å². The van der Waals surface area contributed by atoms with Crippen molar-refractivity contribution in [2.45, 2.75) is 109 Å². The first kappa shape index (κ1) is 23.8. The van der Waals surface area contributed by atoms with Gasteiger partial charge in [0.2, 0.25) is 0 Å². The first-order valence-corrected chi connectivity index (χ1v) is 12.0. The van der Waals surface area contributed by atoms with E-state index in [2.05, 4.69) is 27.7 Å². The van der Waals surface area contributed by atoms with Gasteiger partial charge >= 0.3 is 0 Å². The lowest BCUT2D eigenvalue weighted by Gasteiger charge is -2.32. The molecule has 2 aromatic carbocycles. The maximum Gasteiger partial charge on any atom is 0.162 e. The highest BCUT2D eigenvalue weighted by Gasteiger charge is 2.60. The molecule has 4 rings (SSSR count). The maximum absolute atomic E-state index is 11.5. The van der Waals surface area contributed by atoms with Gasteiger partial charge in [0.1, 0.15) is 0 Å². The quantitative estimate of drug-likeness (QED) is 0.333. The summed E-state index contributed by atoms with van der Waals surface area (Å²) in [7, 11) is 0. The van der Waals surface area contributed by atoms with Gasteiger partial charge in [0.15, 0.2) is 23.0 Å². The minimum absolute atomic E-state index is 0.0837. The topological polar surface area (TPSA) is 80.9 Å². The fourth-order valence-corrected chi connectivity index (χ4v) is 6.74. The van der Waals surface area contributed by atoms with Gasteiger partial charge in [-0.2, -0.15) is 0 Å². The van der Waals surface area contributed by atoms with Gasteiger partial charge in [0.25, 0.3) is 0 Å². The van der Waals surface area contributed by atoms with E-state index >= 15 is 0 Å². The van der Waals surface area contributed by atoms with Crippen molar-refractivity contribution in [1.82, 2.24) is 0 Å². The summed E-state index contributed by atoms with van der Waals surface area (Å²) in [5.41, 5.74) is 2.89. The van der Waals surface area contributed by atoms with Crippen molar-refractivity contribution < 1.29 is 20.4 Å². The van der Waals surface area contributed by atoms with Gasteiger partial charge in [0.05, 0.1) is 0 Å². The molecule has 0 unspecified atom stereocenters. The van der Waals surface area contributed by atoms with Crippen LogP contribution in [-0.2, 0) is 27.1 Å². The van der Waals surface area contributed by atoms with E-state index in [1.165, 1.54) is 0 Å². The van der Waals surface area contributed by atoms with Gasteiger partial charge in [0, 0.05) is 27.7 Å². The molecule has 0 aliphatic heterocycles. The van der Waals surface area contributed by atoms with Gasteiger partial charge in [-0.3, -0.25) is 0 Å². The molecule has 2 aliphatic rings. The van der Waals surface area contributed by atoms with Crippen LogP contribution in [0.5, 0.6) is 23.0 Å². The fraction of sp³-hybridized carbons (Fsp3) is 0.586. The lowest BCUT2D eigenvalue weighted by atomic mass is 9.71. The molecule has 4 nitrogen and oxygen atoms in total. The molecule has 33 heavy (non-hydrogen) atoms. The number of phenolic OH excluding ortho intramolecular Hbond substituents is 4. The van der Waals surface area contributed by atoms with Gasteiger partial charge in [-0.1, -0.05) is 81.4 Å². The Morgan fingerprint density at radius 1 is 0.576 bits per heavy atom. The van der Waals surface area contributed by atoms with Crippen LogP contribution in [-0.4, -0.2) is 20.4 Å². The molecule has 1 spiro atoms. The predicted molar refractivity (Wildman–Crippen MR) is 133 cm³/mol. The molecule has 0 radical (unpaired) electrons. The summed E-state index contributed by atoms with van der Waals surface area (Å²) in [4.78, 5) is 0. The number of hydrogen-bond donors (Lipinski definition) is 4. The summed E-state index contributed by atoms with van der Waals surface area (Å²) < 4.78 is 0. The molecule has 0 saturated heterocycles. The highest BCUT2D eigenvalue weighted by Crippen LogP contribution is 2.68. The first-order chi connectivity index (χ1) is 14.8. The average Bonchev–Trinajstić information content (AvgIpc) is 2.97. The van der Waals surface area contributed by atoms with Crippen LogP contribution in [0.1, 0.15) is 115 Å². The number of phenols is 4. The van der Waals surface area contributed by atoms with Crippen molar-refractivity contribution in [3.8, 4) is 23.0 Å². The van der Waals surface area contributed by atoms with Gasteiger partial charge < -0.3 is 20.4 Å². The second kappa shape index (κ2) is 6.40. The Bertz CT molecular complexity index is 1080. The van der Waals surface area contributed by atoms with Crippen LogP contribution in [0.25, 0.3) is 0 Å². The Morgan fingerprint density at radius 3 is 1.15 bits per heavy atom. The highest BCUT2D eigenvalue weighted by atomic mass is 16.3. The third-order valence-corrected chi connectivity index (χ3v) is 8.07. The van der Waals surface area contributed by atoms with Crippen molar-refractivity contribution in [2.24, 2.45) is 0 Å². The summed E-state index contributed by atoms with van der Waals surface area (Å²) in [5, 5.41) is 45.1. The molecule has 0 heterocycles. The summed E-state index contributed by atoms with van der Waals surface area (Å²) in [6, 6.07) is 4.09. The summed E-state index contributed by atoms with van der Waals surface area (Å²) >= 11 is 0. The molecular weight excluding hydrogens is 412 g/mol. The van der Waals surface area contributed by atoms with Gasteiger partial charge in [-0.05, 0) is 45.6 Å². The van der Waals surface area contributed by atoms with Crippen molar-refractivity contribution in [3.63, 3.8) is 0 Å². The molecule has 0 bridgehead atoms. The zero-order valence-electron chi connectivity index (χ0n) is 21.9. The molecule has 2 aromatic rings. The smallest absolute Gasteiger partial charge is 0.162 e. The Labute approximate surface area is 198 Å². The van der Waals surface area contributed by atoms with Crippen LogP contribution >= 0.6 is 0 Å². The van der Waals surface area contributed by atoms with E-state index in [0.717, 1.165) is 22.3 Å². The molecule has 180 valence electrons. The third-order valence-electron chi connectivity index (χ3n) is 8.07. The fourth-order valence-electron chi connectivity index (χ4n) is 6.74. The zero-order valence-corrected chi connectivity index (χ0v) is 21.9. The van der Waals surface area contributed by atoms with Gasteiger partial charge in [-0.15, -0.1) is 0 Å². The Hall–Kier alpha value is -2.36. The van der Waals surface area contributed by atoms with E-state index < -0.39 is 5.41 Å². The highest BCUT2D eigenvalue weighted by molar-refractivity contribution is 5.72. The summed E-state index contributed by atoms with van der Waals surface area (Å²) in [6.07, 6.45) is 1.35. The molecular formula is C29H40O4. The Balaban J connectivity index is 2.13. The first-order valence-electron chi connectivity index (χ1n) is 12.0. The number of fused-ring (bicyclic) bond motifs is 4. The second-order valence-corrected chi connectivity index (χ2v) is 13.8. The summed E-state index contributed by atoms with van der Waals surface area (Å²) in [5.74, 6) is -0.352. The molecule has 4 heteroatoms. The Kier molecular flexibility index (Phi) is 4.61. The van der Waals surface area contributed by atoms with Crippen molar-refractivity contribution in [2.75, 3.05) is 0 Å². The van der Waals surface area contributed by atoms with Gasteiger partial charge in [-0.25, -0.2) is 0 Å². The number of aromatic hydroxyl groups is 4. The van der Waals surface area contributed by atoms with E-state index in [0.29, 0.717) is 24.0 Å². The van der Waals surface area contributed by atoms with Crippen molar-refractivity contribution in [1.29, 1.82) is 0 Å². The Morgan fingerprint density at radius 2 is 0.879 bits per heavy atom. The second-order valence-electron chi connectivity index (χ2n) is 13.8. The molecule has 0 saturated carbocycles. The van der Waals surface area contributed by atoms with E-state index in [1.54, 1.807) is 0 Å². The average molecular weight is 453 g/mol. The third kappa shape index (κ3) is 3.09. The normalized spacial score (nSPS) is 20.2. The van der Waals surface area contributed by atoms with E-state index in [1.807, 2.05) is 53.7 Å². The predicted octanol–water partition coefficient (Wildman–Crippen LogP) is 6.75. The summed E-state index contributed by atoms with van der Waals surface area (Å²) in [6.45, 7) is 20.8. The molecule has 0 atom stereocenters. The molecule has 2 aliphatic carbocycles. The monoisotopic (exact) mass is 452 g/mol. The number of benzene rings is 2. The van der Waals surface area contributed by atoms with Crippen LogP contribution < -0.4 is 0 Å². The number of rotatable bonds is 0. The largest absolute Gasteiger partial charge is 0.504 e. The molecule has 0 aromatic heterocycles. The van der Waals surface area contributed by atoms with Crippen LogP contribution in [0.3, 0.4) is 0 Å². The van der Waals surface area contributed by atoms with Crippen LogP contribution in [0.4, 0.5) is 0 Å². The number of hydrogen-bond acceptors (Lipinski definition) is 4. The zero-order chi connectivity index (χ0) is 25.1. The van der Waals surface area contributed by atoms with E-state index in [-0.39, 0.29) is 44.7 Å². The molecule has 4 N–H and O–H groups in total. The van der Waals surface area contributed by atoms with Crippen molar-refractivity contribution in [3.05, 3.63) is 45.5 Å². The minimum Gasteiger partial charge on any atom is -0.504 e. The molecule has 0 fully saturated rings. The molecule has 0 amide bonds. The lowest BCUT2D eigenvalue weighted by molar-refractivity contribution is 0.327. The van der Waals surface area contributed by atoms with E-state index in [9.17, 15) is 20.4 Å². The van der Waals surface area contributed by atoms with Crippen LogP contribution in [0.2, 0.25) is 0 Å². The van der Waals surface area contributed by atoms with Crippen LogP contribution in [0.15, 0.2) is 12.1 Å². The lowest BCUT2D eigenvalue weighted by Crippen LogP contribution is -2.27. The maximum atomic E-state index is 11.5. The van der Waals surface area contributed by atoms with Crippen molar-refractivity contribution >= 4 is 0 Å². The SMILES string of the molecule is CC(C)(C)c1cc2c(c(O)c1O)C1(CC2(C)C)CC(C)(C)c2cc(C(C)(C)C)c(O)c(O)c21. The van der Waals surface area contributed by atoms with Crippen LogP contribution in [0, 0.1) is 0 Å². The minimum atomic E-state index is -0.701.